The molecule has 12 nitrogen and oxygen atoms in total. The Morgan fingerprint density at radius 3 is 0.946 bits per heavy atom. The maximum absolute atomic E-state index is 11.1. The van der Waals surface area contributed by atoms with Crippen molar-refractivity contribution in [1.29, 1.82) is 0 Å². The fraction of sp³-hybridized carbons (Fsp3) is 0.354. The van der Waals surface area contributed by atoms with E-state index >= 15 is 0 Å². The molecule has 0 heterocycles. The Labute approximate surface area is 1010 Å². The van der Waals surface area contributed by atoms with Crippen LogP contribution < -0.4 is 63.7 Å². The molecule has 0 aromatic heterocycles. The SMILES string of the molecule is Cc1ccc(Pc2cc(C)cc(C(C)(C)C)c2O)c(CN(C)C)c1.Cc1ccc(Pc2cc(C)cc(C)c2O)c(C=[N+](C)C)c1.Cc1ccc(Pc2cc(C)ccc2O)c(CN(C)C)c1.Cc1ccc(Pc2cccc(C)c2O)c(CN(C)C)c1.Cc1ccc(Pc2ccccc2O)c(CN(C)C)c1.Cc1cccc(CN(C)C)c1Pc1cc(C(C)(C)C)cc(C(C)(C)C)c1O.[Cl][Ti][Cl].[Cl][Ti][Cl].[Cl][Ti][Cl].[Cl][Ti][Cl].[Cl][Ti][Cl].[Cl][Ti][Cl]. The van der Waals surface area contributed by atoms with Crippen LogP contribution in [0.15, 0.2) is 206 Å². The van der Waals surface area contributed by atoms with Gasteiger partial charge in [-0.05, 0) is 298 Å². The Balaban J connectivity index is 0.000000866. The summed E-state index contributed by atoms with van der Waals surface area (Å²) in [6.07, 6.45) is 2.13. The Bertz CT molecular complexity index is 5990. The van der Waals surface area contributed by atoms with Crippen LogP contribution in [0.25, 0.3) is 0 Å². The zero-order chi connectivity index (χ0) is 114. The van der Waals surface area contributed by atoms with Crippen molar-refractivity contribution in [2.75, 3.05) is 84.6 Å². The van der Waals surface area contributed by atoms with Crippen LogP contribution in [0, 0.1) is 76.2 Å². The second-order valence-corrected chi connectivity index (χ2v) is 63.6. The molecule has 0 aliphatic carbocycles. The van der Waals surface area contributed by atoms with Crippen molar-refractivity contribution in [3.05, 3.63) is 318 Å². The van der Waals surface area contributed by atoms with E-state index in [9.17, 15) is 30.6 Å². The molecule has 6 N–H and O–H groups in total. The van der Waals surface area contributed by atoms with Crippen LogP contribution in [0.2, 0.25) is 0 Å². The number of phenols is 6. The third kappa shape index (κ3) is 58.6. The van der Waals surface area contributed by atoms with Crippen LogP contribution in [-0.2, 0) is 151 Å². The first-order valence-electron chi connectivity index (χ1n) is 47.3. The van der Waals surface area contributed by atoms with Gasteiger partial charge in [-0.1, -0.05) is 311 Å². The predicted octanol–water partition coefficient (Wildman–Crippen LogP) is 27.7. The minimum absolute atomic E-state index is 0.0468. The van der Waals surface area contributed by atoms with E-state index in [-0.39, 0.29) is 16.2 Å². The molecule has 6 unspecified atom stereocenters. The third-order valence-electron chi connectivity index (χ3n) is 21.6. The van der Waals surface area contributed by atoms with E-state index in [1.54, 1.807) is 12.1 Å². The van der Waals surface area contributed by atoms with Gasteiger partial charge >= 0.3 is 214 Å². The van der Waals surface area contributed by atoms with Gasteiger partial charge in [0.2, 0.25) is 0 Å². The van der Waals surface area contributed by atoms with Crippen LogP contribution >= 0.6 is 163 Å². The fourth-order valence-electron chi connectivity index (χ4n) is 15.0. The second kappa shape index (κ2) is 77.8. The van der Waals surface area contributed by atoms with Crippen molar-refractivity contribution < 1.29 is 137 Å². The van der Waals surface area contributed by atoms with Crippen LogP contribution in [0.5, 0.6) is 34.5 Å². The molecule has 12 aromatic rings. The first-order chi connectivity index (χ1) is 69.7. The van der Waals surface area contributed by atoms with E-state index in [1.165, 1.54) is 121 Å². The number of aromatic hydroxyl groups is 6. The molecule has 0 amide bonds. The van der Waals surface area contributed by atoms with Crippen molar-refractivity contribution in [2.24, 2.45) is 0 Å². The molecule has 12 rings (SSSR count). The van der Waals surface area contributed by atoms with Gasteiger partial charge in [0, 0.05) is 81.2 Å². The molecule has 0 spiro atoms. The molecule has 12 aromatic carbocycles. The standard InChI is InChI=1S/C24H36NOP.C21H30NOP.C18H22NOP.2C17H22NOP.C16H20NOP.12ClH.6Ti/c1-16-11-10-12-17(15-25(8)9)22(16)27-20-14-18(23(2,3)4)13-19(21(20)26)24(5,6)7;1-14-8-9-18(16(10-14)13-22(6)7)24-19-12-15(2)11-17(20(19)23)21(3,4)5;1-12-6-7-16(15(9-12)11-19(4)5)21-17-10-13(2)8-14(3)18(17)20;1-12-6-8-16(14(9-12)11-18(3)4)20-17-10-13(2)5-7-15(17)19;1-12-8-9-15(14(10-12)11-18(3)4)20-16-7-5-6-13(2)17(16)19;1-12-8-9-15(13(10-12)11-17(2)3)19-16-7-5-4-6-14(16)18;;;;;;;;;;;;;;;;;;/h10-14,26-27H,15H2,1-9H3;8-12,23-24H,13H2,1-7H3;6-11,21H,1-5H3;2*5-10,19-20H,11H2,1-4H3;4-10,18-19H,11H2,1-3H3;12*1H;;;;;;/q;;;;;;;;;;;;;;;;;;6*+2/p-11. The van der Waals surface area contributed by atoms with Gasteiger partial charge in [0.1, 0.15) is 48.6 Å². The summed E-state index contributed by atoms with van der Waals surface area (Å²) in [6.45, 7) is 47.2. The first-order valence-corrected chi connectivity index (χ1v) is 79.1. The second-order valence-electron chi connectivity index (χ2n) is 40.2. The van der Waals surface area contributed by atoms with Gasteiger partial charge < -0.3 is 55.1 Å². The van der Waals surface area contributed by atoms with E-state index in [1.807, 2.05) is 76.5 Å². The van der Waals surface area contributed by atoms with Gasteiger partial charge in [-0.25, -0.2) is 4.58 Å². The van der Waals surface area contributed by atoms with Gasteiger partial charge in [-0.2, -0.15) is 0 Å². The molecule has 36 heteroatoms. The molecule has 0 radical (unpaired) electrons. The third-order valence-corrected chi connectivity index (χ3v) is 30.3. The van der Waals surface area contributed by atoms with Crippen LogP contribution in [0.1, 0.15) is 174 Å². The van der Waals surface area contributed by atoms with Gasteiger partial charge in [0.05, 0.1) is 0 Å². The summed E-state index contributed by atoms with van der Waals surface area (Å²) in [5.41, 5.74) is 24.3. The van der Waals surface area contributed by atoms with Crippen molar-refractivity contribution in [3.8, 4) is 34.5 Å². The summed E-state index contributed by atoms with van der Waals surface area (Å²) >= 11 is -3.33. The van der Waals surface area contributed by atoms with Crippen molar-refractivity contribution >= 4 is 233 Å². The summed E-state index contributed by atoms with van der Waals surface area (Å²) in [7, 11) is 86.5. The van der Waals surface area contributed by atoms with E-state index in [0.29, 0.717) is 86.0 Å². The Morgan fingerprint density at radius 2 is 0.550 bits per heavy atom. The van der Waals surface area contributed by atoms with Crippen molar-refractivity contribution in [2.45, 2.75) is 187 Å². The average Bonchev–Trinajstić information content (AvgIpc) is 0.823. The number of hydrogen-bond donors (Lipinski definition) is 6. The maximum atomic E-state index is 11.1. The number of benzene rings is 12. The molecule has 6 atom stereocenters. The topological polar surface area (TPSA) is 141 Å². The monoisotopic (exact) mass is 2580 g/mol. The summed E-state index contributed by atoms with van der Waals surface area (Å²) < 4.78 is 2.06. The Morgan fingerprint density at radius 1 is 0.255 bits per heavy atom. The number of rotatable bonds is 23. The summed E-state index contributed by atoms with van der Waals surface area (Å²) in [6, 6.07) is 71.5. The van der Waals surface area contributed by atoms with Gasteiger partial charge in [-0.15, -0.1) is 0 Å². The average molecular weight is 2590 g/mol. The quantitative estimate of drug-likeness (QED) is 0.0158. The van der Waals surface area contributed by atoms with E-state index < -0.39 is 102 Å². The van der Waals surface area contributed by atoms with E-state index in [2.05, 4.69) is 376 Å². The normalized spacial score (nSPS) is 11.1. The zero-order valence-electron chi connectivity index (χ0n) is 92.1. The van der Waals surface area contributed by atoms with Crippen LogP contribution in [0.3, 0.4) is 0 Å². The van der Waals surface area contributed by atoms with Crippen molar-refractivity contribution in [1.82, 2.24) is 24.5 Å². The van der Waals surface area contributed by atoms with Crippen molar-refractivity contribution in [3.63, 3.8) is 0 Å². The molecule has 149 heavy (non-hydrogen) atoms. The fourth-order valence-corrected chi connectivity index (χ4v) is 22.7. The molecule has 0 aliphatic heterocycles. The summed E-state index contributed by atoms with van der Waals surface area (Å²) in [5, 5.41) is 76.4. The molecular weight excluding hydrogens is 2440 g/mol. The number of phenolic OH excluding ortho intramolecular Hbond substituents is 6. The first kappa shape index (κ1) is 146. The number of aryl methyl sites for hydroxylation is 11. The number of halogens is 12. The van der Waals surface area contributed by atoms with Gasteiger partial charge in [0.15, 0.2) is 6.21 Å². The van der Waals surface area contributed by atoms with Gasteiger partial charge in [0.25, 0.3) is 0 Å². The minimum atomic E-state index is -0.556. The Kier molecular flexibility index (Phi) is 76.3. The van der Waals surface area contributed by atoms with E-state index in [0.717, 1.165) is 86.8 Å². The molecule has 0 saturated carbocycles. The molecule has 0 aliphatic rings. The summed E-state index contributed by atoms with van der Waals surface area (Å²) in [4.78, 5) is 10.9. The molecular formula is C113H153Cl12N6O6P6Ti6+. The van der Waals surface area contributed by atoms with Crippen LogP contribution in [0.4, 0.5) is 0 Å². The molecule has 0 saturated heterocycles. The number of para-hydroxylation sites is 2. The molecule has 0 fully saturated rings. The molecule has 808 valence electrons. The predicted molar refractivity (Wildman–Crippen MR) is 655 cm³/mol. The Hall–Kier alpha value is -0.744. The number of nitrogens with zero attached hydrogens (tertiary/aromatic N) is 6. The van der Waals surface area contributed by atoms with E-state index in [4.69, 9.17) is 112 Å². The van der Waals surface area contributed by atoms with Gasteiger partial charge in [-0.3, -0.25) is 0 Å². The van der Waals surface area contributed by atoms with Crippen LogP contribution in [-0.4, -0.2) is 151 Å². The number of hydrogen-bond acceptors (Lipinski definition) is 11. The zero-order valence-corrected chi connectivity index (χ0v) is 117. The summed E-state index contributed by atoms with van der Waals surface area (Å²) in [5.74, 6) is 2.57. The molecule has 0 bridgehead atoms.